The first kappa shape index (κ1) is 23.4. The van der Waals surface area contributed by atoms with Gasteiger partial charge in [0.05, 0.1) is 12.8 Å². The van der Waals surface area contributed by atoms with E-state index < -0.39 is 0 Å². The van der Waals surface area contributed by atoms with Gasteiger partial charge in [0.15, 0.2) is 5.82 Å². The molecule has 6 rings (SSSR count). The van der Waals surface area contributed by atoms with Crippen molar-refractivity contribution in [1.82, 2.24) is 29.6 Å². The number of ether oxygens (including phenoxy) is 1. The first-order valence-electron chi connectivity index (χ1n) is 12.0. The number of carbonyl (C=O) groups is 1. The highest BCUT2D eigenvalue weighted by molar-refractivity contribution is 9.10. The Bertz CT molecular complexity index is 1480. The number of nitrogens with zero attached hydrogens (tertiary/aromatic N) is 7. The number of hydrogen-bond donors (Lipinski definition) is 1. The Morgan fingerprint density at radius 2 is 1.84 bits per heavy atom. The molecule has 0 spiro atoms. The first-order chi connectivity index (χ1) is 18.0. The van der Waals surface area contributed by atoms with Crippen LogP contribution in [0.1, 0.15) is 21.5 Å². The molecule has 37 heavy (non-hydrogen) atoms. The van der Waals surface area contributed by atoms with Crippen LogP contribution in [0.3, 0.4) is 0 Å². The smallest absolute Gasteiger partial charge is 0.259 e. The highest BCUT2D eigenvalue weighted by atomic mass is 79.9. The average Bonchev–Trinajstić information content (AvgIpc) is 3.33. The van der Waals surface area contributed by atoms with Gasteiger partial charge in [-0.05, 0) is 70.2 Å². The van der Waals surface area contributed by atoms with E-state index in [-0.39, 0.29) is 11.7 Å². The van der Waals surface area contributed by atoms with Gasteiger partial charge in [-0.15, -0.1) is 5.10 Å². The topological polar surface area (TPSA) is 115 Å². The summed E-state index contributed by atoms with van der Waals surface area (Å²) in [6.07, 6.45) is 6.99. The Balaban J connectivity index is 1.21. The van der Waals surface area contributed by atoms with E-state index in [4.69, 9.17) is 15.5 Å². The molecule has 1 aliphatic heterocycles. The van der Waals surface area contributed by atoms with Crippen molar-refractivity contribution >= 4 is 33.5 Å². The van der Waals surface area contributed by atoms with Gasteiger partial charge in [0.25, 0.3) is 11.9 Å². The molecule has 0 bridgehead atoms. The van der Waals surface area contributed by atoms with Crippen LogP contribution in [0.25, 0.3) is 17.2 Å². The summed E-state index contributed by atoms with van der Waals surface area (Å²) < 4.78 is 7.80. The molecule has 1 saturated heterocycles. The van der Waals surface area contributed by atoms with Gasteiger partial charge in [-0.25, -0.2) is 19.6 Å². The summed E-state index contributed by atoms with van der Waals surface area (Å²) in [5.74, 6) is 2.11. The highest BCUT2D eigenvalue weighted by Gasteiger charge is 2.27. The Hall–Kier alpha value is -3.99. The number of aryl methyl sites for hydroxylation is 2. The number of anilines is 2. The number of halogens is 1. The van der Waals surface area contributed by atoms with E-state index in [0.717, 1.165) is 45.7 Å². The normalized spacial score (nSPS) is 14.8. The third-order valence-electron chi connectivity index (χ3n) is 6.86. The zero-order valence-electron chi connectivity index (χ0n) is 20.3. The number of aromatic nitrogens is 5. The predicted octanol–water partition coefficient (Wildman–Crippen LogP) is 3.14. The molecule has 1 fully saturated rings. The number of piperazine rings is 1. The van der Waals surface area contributed by atoms with Gasteiger partial charge in [0, 0.05) is 54.8 Å². The molecule has 0 saturated carbocycles. The lowest BCUT2D eigenvalue weighted by atomic mass is 9.90. The van der Waals surface area contributed by atoms with Crippen LogP contribution in [0.2, 0.25) is 0 Å². The summed E-state index contributed by atoms with van der Waals surface area (Å²) in [5, 5.41) is 4.38. The second-order valence-electron chi connectivity index (χ2n) is 9.05. The molecule has 2 N–H and O–H groups in total. The number of fused-ring (bicyclic) bond motifs is 3. The summed E-state index contributed by atoms with van der Waals surface area (Å²) in [7, 11) is 1.67. The van der Waals surface area contributed by atoms with E-state index in [2.05, 4.69) is 42.0 Å². The minimum Gasteiger partial charge on any atom is -0.497 e. The maximum atomic E-state index is 13.3. The van der Waals surface area contributed by atoms with E-state index in [1.54, 1.807) is 24.4 Å². The number of pyridine rings is 1. The second kappa shape index (κ2) is 9.47. The number of methoxy groups -OCH3 is 1. The second-order valence-corrected chi connectivity index (χ2v) is 9.97. The van der Waals surface area contributed by atoms with Crippen molar-refractivity contribution in [1.29, 1.82) is 0 Å². The maximum absolute atomic E-state index is 13.3. The molecule has 1 amide bonds. The Labute approximate surface area is 222 Å². The van der Waals surface area contributed by atoms with Crippen LogP contribution in [0.5, 0.6) is 5.75 Å². The molecule has 188 valence electrons. The third-order valence-corrected chi connectivity index (χ3v) is 7.33. The van der Waals surface area contributed by atoms with Gasteiger partial charge >= 0.3 is 0 Å². The number of rotatable bonds is 4. The summed E-state index contributed by atoms with van der Waals surface area (Å²) in [4.78, 5) is 31.0. The number of nitrogen functional groups attached to an aromatic ring is 1. The number of carbonyl (C=O) groups excluding carboxylic acids is 1. The van der Waals surface area contributed by atoms with Crippen LogP contribution < -0.4 is 15.4 Å². The SMILES string of the molecule is COc1ccc2c(c1)CCc1cnc(-n3cc(C(=O)N4CCN(c5ccc(Br)cn5)CC4)c(N)n3)nc1-2. The molecule has 0 atom stereocenters. The average molecular weight is 561 g/mol. The Morgan fingerprint density at radius 3 is 2.59 bits per heavy atom. The fraction of sp³-hybridized carbons (Fsp3) is 0.269. The highest BCUT2D eigenvalue weighted by Crippen LogP contribution is 2.34. The number of nitrogens with two attached hydrogens (primary N) is 1. The van der Waals surface area contributed by atoms with E-state index in [1.165, 1.54) is 10.2 Å². The van der Waals surface area contributed by atoms with Crippen molar-refractivity contribution in [3.8, 4) is 23.0 Å². The lowest BCUT2D eigenvalue weighted by Crippen LogP contribution is -2.49. The van der Waals surface area contributed by atoms with Gasteiger partial charge < -0.3 is 20.3 Å². The van der Waals surface area contributed by atoms with Gasteiger partial charge in [0.2, 0.25) is 0 Å². The van der Waals surface area contributed by atoms with Gasteiger partial charge in [-0.2, -0.15) is 0 Å². The van der Waals surface area contributed by atoms with Crippen LogP contribution in [0.15, 0.2) is 53.4 Å². The molecular weight excluding hydrogens is 536 g/mol. The monoisotopic (exact) mass is 560 g/mol. The van der Waals surface area contributed by atoms with Crippen molar-refractivity contribution in [2.45, 2.75) is 12.8 Å². The molecule has 1 aromatic carbocycles. The van der Waals surface area contributed by atoms with Crippen molar-refractivity contribution in [3.63, 3.8) is 0 Å². The molecule has 3 aromatic heterocycles. The Morgan fingerprint density at radius 1 is 1.03 bits per heavy atom. The van der Waals surface area contributed by atoms with Crippen molar-refractivity contribution < 1.29 is 9.53 Å². The fourth-order valence-corrected chi connectivity index (χ4v) is 5.08. The van der Waals surface area contributed by atoms with Crippen molar-refractivity contribution in [2.75, 3.05) is 43.9 Å². The summed E-state index contributed by atoms with van der Waals surface area (Å²) in [6, 6.07) is 9.95. The molecule has 0 radical (unpaired) electrons. The van der Waals surface area contributed by atoms with E-state index in [9.17, 15) is 4.79 Å². The summed E-state index contributed by atoms with van der Waals surface area (Å²) >= 11 is 3.41. The molecule has 4 heterocycles. The van der Waals surface area contributed by atoms with E-state index >= 15 is 0 Å². The molecule has 10 nitrogen and oxygen atoms in total. The summed E-state index contributed by atoms with van der Waals surface area (Å²) in [6.45, 7) is 2.51. The van der Waals surface area contributed by atoms with Gasteiger partial charge in [-0.3, -0.25) is 4.79 Å². The molecule has 4 aromatic rings. The van der Waals surface area contributed by atoms with Crippen LogP contribution in [-0.2, 0) is 12.8 Å². The predicted molar refractivity (Wildman–Crippen MR) is 143 cm³/mol. The summed E-state index contributed by atoms with van der Waals surface area (Å²) in [5.41, 5.74) is 10.7. The molecule has 0 unspecified atom stereocenters. The minimum atomic E-state index is -0.150. The quantitative estimate of drug-likeness (QED) is 0.404. The molecule has 1 aliphatic carbocycles. The lowest BCUT2D eigenvalue weighted by molar-refractivity contribution is 0.0747. The lowest BCUT2D eigenvalue weighted by Gasteiger charge is -2.35. The molecule has 11 heteroatoms. The third kappa shape index (κ3) is 4.39. The van der Waals surface area contributed by atoms with Gasteiger partial charge in [-0.1, -0.05) is 0 Å². The first-order valence-corrected chi connectivity index (χ1v) is 12.8. The molecule has 2 aliphatic rings. The van der Waals surface area contributed by atoms with Crippen LogP contribution in [-0.4, -0.2) is 68.8 Å². The molecular formula is C26H25BrN8O2. The fourth-order valence-electron chi connectivity index (χ4n) is 4.85. The van der Waals surface area contributed by atoms with Crippen molar-refractivity contribution in [2.24, 2.45) is 0 Å². The van der Waals surface area contributed by atoms with Crippen LogP contribution >= 0.6 is 15.9 Å². The standard InChI is InChI=1S/C26H25BrN8O2/c1-37-19-5-6-20-16(12-19)2-3-17-13-30-26(31-23(17)20)35-15-21(24(28)32-35)25(36)34-10-8-33(9-11-34)22-7-4-18(27)14-29-22/h4-7,12-15H,2-3,8-11H2,1H3,(H2,28,32). The minimum absolute atomic E-state index is 0.150. The zero-order valence-corrected chi connectivity index (χ0v) is 21.8. The van der Waals surface area contributed by atoms with Crippen LogP contribution in [0.4, 0.5) is 11.6 Å². The number of benzene rings is 1. The largest absolute Gasteiger partial charge is 0.497 e. The van der Waals surface area contributed by atoms with E-state index in [1.807, 2.05) is 30.5 Å². The maximum Gasteiger partial charge on any atom is 0.259 e. The zero-order chi connectivity index (χ0) is 25.5. The van der Waals surface area contributed by atoms with Crippen molar-refractivity contribution in [3.05, 3.63) is 70.1 Å². The van der Waals surface area contributed by atoms with Gasteiger partial charge in [0.1, 0.15) is 17.1 Å². The Kier molecular flexibility index (Phi) is 5.99. The number of amides is 1. The number of hydrogen-bond acceptors (Lipinski definition) is 8. The van der Waals surface area contributed by atoms with Crippen LogP contribution in [0, 0.1) is 0 Å². The van der Waals surface area contributed by atoms with E-state index in [0.29, 0.717) is 37.7 Å².